The minimum Gasteiger partial charge on any atom is -0.368 e. The number of nitrogens with zero attached hydrogens (tertiary/aromatic N) is 5. The Hall–Kier alpha value is -3.08. The van der Waals surface area contributed by atoms with Crippen LogP contribution in [0.1, 0.15) is 12.5 Å². The zero-order chi connectivity index (χ0) is 19.3. The molecule has 4 rings (SSSR count). The Morgan fingerprint density at radius 2 is 1.64 bits per heavy atom. The molecule has 1 aliphatic rings. The molecule has 1 saturated heterocycles. The minimum absolute atomic E-state index is 0.816. The molecule has 0 unspecified atom stereocenters. The van der Waals surface area contributed by atoms with E-state index in [0.717, 1.165) is 50.2 Å². The molecule has 5 heteroatoms. The standard InChI is InChI=1S/C23H27N5/c1-3-28(20-9-5-4-6-10-20)22-12-13-24-23(25-22)27-16-14-26(15-17-27)21-11-7-8-19(2)18-21/h4-13,18H,3,14-17H2,1-2H3. The van der Waals surface area contributed by atoms with Crippen LogP contribution in [-0.2, 0) is 0 Å². The second-order valence-electron chi connectivity index (χ2n) is 7.11. The molecular weight excluding hydrogens is 346 g/mol. The van der Waals surface area contributed by atoms with Crippen LogP contribution in [0.4, 0.5) is 23.1 Å². The van der Waals surface area contributed by atoms with E-state index >= 15 is 0 Å². The largest absolute Gasteiger partial charge is 0.368 e. The number of para-hydroxylation sites is 1. The van der Waals surface area contributed by atoms with Gasteiger partial charge in [-0.25, -0.2) is 4.98 Å². The third kappa shape index (κ3) is 3.93. The van der Waals surface area contributed by atoms with Gasteiger partial charge in [-0.15, -0.1) is 0 Å². The van der Waals surface area contributed by atoms with E-state index in [9.17, 15) is 0 Å². The summed E-state index contributed by atoms with van der Waals surface area (Å²) in [4.78, 5) is 16.4. The number of benzene rings is 2. The van der Waals surface area contributed by atoms with Crippen molar-refractivity contribution in [3.63, 3.8) is 0 Å². The molecule has 0 amide bonds. The van der Waals surface area contributed by atoms with E-state index in [1.54, 1.807) is 0 Å². The van der Waals surface area contributed by atoms with Crippen LogP contribution in [0.5, 0.6) is 0 Å². The van der Waals surface area contributed by atoms with E-state index < -0.39 is 0 Å². The molecule has 1 aliphatic heterocycles. The maximum Gasteiger partial charge on any atom is 0.227 e. The fourth-order valence-electron chi connectivity index (χ4n) is 3.72. The van der Waals surface area contributed by atoms with Crippen molar-refractivity contribution >= 4 is 23.1 Å². The molecule has 5 nitrogen and oxygen atoms in total. The Bertz CT molecular complexity index is 904. The number of hydrogen-bond acceptors (Lipinski definition) is 5. The number of rotatable bonds is 5. The maximum absolute atomic E-state index is 4.88. The highest BCUT2D eigenvalue weighted by Crippen LogP contribution is 2.25. The van der Waals surface area contributed by atoms with Gasteiger partial charge in [-0.2, -0.15) is 4.98 Å². The van der Waals surface area contributed by atoms with Crippen molar-refractivity contribution in [2.24, 2.45) is 0 Å². The zero-order valence-electron chi connectivity index (χ0n) is 16.6. The van der Waals surface area contributed by atoms with Crippen LogP contribution in [-0.4, -0.2) is 42.7 Å². The smallest absolute Gasteiger partial charge is 0.227 e. The predicted octanol–water partition coefficient (Wildman–Crippen LogP) is 4.27. The number of aromatic nitrogens is 2. The second kappa shape index (κ2) is 8.30. The third-order valence-electron chi connectivity index (χ3n) is 5.22. The zero-order valence-corrected chi connectivity index (χ0v) is 16.6. The number of piperazine rings is 1. The second-order valence-corrected chi connectivity index (χ2v) is 7.11. The SMILES string of the molecule is CCN(c1ccccc1)c1ccnc(N2CCN(c3cccc(C)c3)CC2)n1. The van der Waals surface area contributed by atoms with E-state index in [0.29, 0.717) is 0 Å². The maximum atomic E-state index is 4.88. The van der Waals surface area contributed by atoms with Gasteiger partial charge in [-0.3, -0.25) is 0 Å². The molecule has 3 aromatic rings. The fourth-order valence-corrected chi connectivity index (χ4v) is 3.72. The van der Waals surface area contributed by atoms with Crippen LogP contribution < -0.4 is 14.7 Å². The normalized spacial score (nSPS) is 14.2. The average Bonchev–Trinajstić information content (AvgIpc) is 2.75. The summed E-state index contributed by atoms with van der Waals surface area (Å²) in [6.45, 7) is 8.96. The van der Waals surface area contributed by atoms with Crippen molar-refractivity contribution in [3.05, 3.63) is 72.4 Å². The van der Waals surface area contributed by atoms with E-state index in [1.807, 2.05) is 18.3 Å². The van der Waals surface area contributed by atoms with Gasteiger partial charge in [-0.05, 0) is 49.7 Å². The lowest BCUT2D eigenvalue weighted by Crippen LogP contribution is -2.47. The number of aryl methyl sites for hydroxylation is 1. The lowest BCUT2D eigenvalue weighted by molar-refractivity contribution is 0.639. The van der Waals surface area contributed by atoms with Crippen molar-refractivity contribution < 1.29 is 0 Å². The first kappa shape index (κ1) is 18.3. The van der Waals surface area contributed by atoms with Crippen LogP contribution in [0.2, 0.25) is 0 Å². The minimum atomic E-state index is 0.816. The van der Waals surface area contributed by atoms with Crippen molar-refractivity contribution in [1.82, 2.24) is 9.97 Å². The van der Waals surface area contributed by atoms with Crippen molar-refractivity contribution in [3.8, 4) is 0 Å². The van der Waals surface area contributed by atoms with Crippen LogP contribution in [0.3, 0.4) is 0 Å². The molecular formula is C23H27N5. The molecule has 2 aromatic carbocycles. The summed E-state index contributed by atoms with van der Waals surface area (Å²) in [6, 6.07) is 21.1. The quantitative estimate of drug-likeness (QED) is 0.667. The number of anilines is 4. The van der Waals surface area contributed by atoms with E-state index in [-0.39, 0.29) is 0 Å². The van der Waals surface area contributed by atoms with Gasteiger partial charge < -0.3 is 14.7 Å². The molecule has 28 heavy (non-hydrogen) atoms. The lowest BCUT2D eigenvalue weighted by Gasteiger charge is -2.36. The van der Waals surface area contributed by atoms with Gasteiger partial charge in [0.25, 0.3) is 0 Å². The number of hydrogen-bond donors (Lipinski definition) is 0. The summed E-state index contributed by atoms with van der Waals surface area (Å²) >= 11 is 0. The van der Waals surface area contributed by atoms with E-state index in [2.05, 4.69) is 82.1 Å². The Morgan fingerprint density at radius 3 is 2.36 bits per heavy atom. The third-order valence-corrected chi connectivity index (χ3v) is 5.22. The Labute approximate surface area is 167 Å². The molecule has 2 heterocycles. The molecule has 0 radical (unpaired) electrons. The summed E-state index contributed by atoms with van der Waals surface area (Å²) in [5.74, 6) is 1.76. The summed E-state index contributed by atoms with van der Waals surface area (Å²) in [6.07, 6.45) is 1.87. The Kier molecular flexibility index (Phi) is 5.42. The summed E-state index contributed by atoms with van der Waals surface area (Å²) in [5, 5.41) is 0. The van der Waals surface area contributed by atoms with E-state index in [1.165, 1.54) is 11.3 Å². The monoisotopic (exact) mass is 373 g/mol. The predicted molar refractivity (Wildman–Crippen MR) is 117 cm³/mol. The van der Waals surface area contributed by atoms with Crippen molar-refractivity contribution in [1.29, 1.82) is 0 Å². The Morgan fingerprint density at radius 1 is 0.893 bits per heavy atom. The van der Waals surface area contributed by atoms with Gasteiger partial charge in [0.1, 0.15) is 5.82 Å². The van der Waals surface area contributed by atoms with Crippen LogP contribution >= 0.6 is 0 Å². The first-order valence-electron chi connectivity index (χ1n) is 9.97. The molecule has 0 atom stereocenters. The van der Waals surface area contributed by atoms with Gasteiger partial charge in [0.2, 0.25) is 5.95 Å². The lowest BCUT2D eigenvalue weighted by atomic mass is 10.2. The molecule has 0 spiro atoms. The van der Waals surface area contributed by atoms with Crippen molar-refractivity contribution in [2.45, 2.75) is 13.8 Å². The van der Waals surface area contributed by atoms with E-state index in [4.69, 9.17) is 4.98 Å². The molecule has 1 fully saturated rings. The van der Waals surface area contributed by atoms with Crippen molar-refractivity contribution in [2.75, 3.05) is 47.4 Å². The van der Waals surface area contributed by atoms with Gasteiger partial charge >= 0.3 is 0 Å². The molecule has 0 bridgehead atoms. The molecule has 1 aromatic heterocycles. The first-order chi connectivity index (χ1) is 13.7. The Balaban J connectivity index is 1.48. The van der Waals surface area contributed by atoms with Gasteiger partial charge in [0, 0.05) is 50.3 Å². The van der Waals surface area contributed by atoms with Crippen LogP contribution in [0, 0.1) is 6.92 Å². The highest BCUT2D eigenvalue weighted by atomic mass is 15.3. The fraction of sp³-hybridized carbons (Fsp3) is 0.304. The molecule has 0 N–H and O–H groups in total. The van der Waals surface area contributed by atoms with Crippen LogP contribution in [0.25, 0.3) is 0 Å². The average molecular weight is 374 g/mol. The molecule has 0 saturated carbocycles. The highest BCUT2D eigenvalue weighted by Gasteiger charge is 2.20. The van der Waals surface area contributed by atoms with Gasteiger partial charge in [-0.1, -0.05) is 30.3 Å². The first-order valence-corrected chi connectivity index (χ1v) is 9.97. The summed E-state index contributed by atoms with van der Waals surface area (Å²) in [7, 11) is 0. The summed E-state index contributed by atoms with van der Waals surface area (Å²) in [5.41, 5.74) is 3.76. The van der Waals surface area contributed by atoms with Gasteiger partial charge in [0.15, 0.2) is 0 Å². The molecule has 0 aliphatic carbocycles. The van der Waals surface area contributed by atoms with Crippen LogP contribution in [0.15, 0.2) is 66.9 Å². The topological polar surface area (TPSA) is 35.5 Å². The summed E-state index contributed by atoms with van der Waals surface area (Å²) < 4.78 is 0. The van der Waals surface area contributed by atoms with Gasteiger partial charge in [0.05, 0.1) is 0 Å². The molecule has 144 valence electrons. The highest BCUT2D eigenvalue weighted by molar-refractivity contribution is 5.60.